The van der Waals surface area contributed by atoms with Gasteiger partial charge in [0.25, 0.3) is 0 Å². The van der Waals surface area contributed by atoms with Crippen LogP contribution in [0, 0.1) is 0 Å². The largest absolute Gasteiger partial charge is 0.439 e. The van der Waals surface area contributed by atoms with E-state index in [1.54, 1.807) is 0 Å². The van der Waals surface area contributed by atoms with Crippen molar-refractivity contribution in [2.75, 3.05) is 0 Å². The van der Waals surface area contributed by atoms with Crippen LogP contribution in [0.5, 0.6) is 0 Å². The number of nitrogens with zero attached hydrogens (tertiary/aromatic N) is 5. The molecule has 0 saturated heterocycles. The first-order valence-electron chi connectivity index (χ1n) is 20.8. The van der Waals surface area contributed by atoms with Crippen LogP contribution in [0.1, 0.15) is 0 Å². The molecule has 0 aliphatic rings. The molecule has 288 valence electrons. The van der Waals surface area contributed by atoms with Crippen molar-refractivity contribution in [2.24, 2.45) is 0 Å². The highest BCUT2D eigenvalue weighted by Crippen LogP contribution is 2.42. The summed E-state index contributed by atoms with van der Waals surface area (Å²) in [6, 6.07) is 70.0. The summed E-state index contributed by atoms with van der Waals surface area (Å²) in [5.74, 6) is 1.84. The Kier molecular flexibility index (Phi) is 7.50. The van der Waals surface area contributed by atoms with Gasteiger partial charge in [-0.3, -0.25) is 4.40 Å². The van der Waals surface area contributed by atoms with E-state index in [2.05, 4.69) is 138 Å². The predicted molar refractivity (Wildman–Crippen MR) is 253 cm³/mol. The van der Waals surface area contributed by atoms with E-state index >= 15 is 0 Å². The minimum Gasteiger partial charge on any atom is -0.439 e. The van der Waals surface area contributed by atoms with Crippen molar-refractivity contribution in [3.8, 4) is 56.4 Å². The van der Waals surface area contributed by atoms with Crippen molar-refractivity contribution in [1.29, 1.82) is 0 Å². The minimum absolute atomic E-state index is 0.598. The van der Waals surface area contributed by atoms with Gasteiger partial charge >= 0.3 is 0 Å². The summed E-state index contributed by atoms with van der Waals surface area (Å²) in [6.07, 6.45) is 0. The van der Waals surface area contributed by atoms with E-state index in [0.717, 1.165) is 88.5 Å². The normalized spacial score (nSPS) is 11.9. The van der Waals surface area contributed by atoms with Crippen molar-refractivity contribution in [2.45, 2.75) is 0 Å². The topological polar surface area (TPSA) is 69.1 Å². The smallest absolute Gasteiger partial charge is 0.215 e. The molecule has 0 amide bonds. The van der Waals surface area contributed by atoms with Crippen LogP contribution >= 0.6 is 0 Å². The van der Waals surface area contributed by atoms with Crippen LogP contribution in [-0.2, 0) is 0 Å². The lowest BCUT2D eigenvalue weighted by Crippen LogP contribution is -2.00. The van der Waals surface area contributed by atoms with E-state index in [9.17, 15) is 0 Å². The lowest BCUT2D eigenvalue weighted by Gasteiger charge is -2.15. The fraction of sp³-hybridized carbons (Fsp3) is 0. The summed E-state index contributed by atoms with van der Waals surface area (Å²) in [4.78, 5) is 20.5. The number of imidazole rings is 1. The van der Waals surface area contributed by atoms with Gasteiger partial charge in [-0.05, 0) is 97.7 Å². The van der Waals surface area contributed by atoms with Crippen LogP contribution in [0.3, 0.4) is 0 Å². The van der Waals surface area contributed by atoms with E-state index < -0.39 is 0 Å². The third kappa shape index (κ3) is 5.37. The highest BCUT2D eigenvalue weighted by Gasteiger charge is 2.21. The quantitative estimate of drug-likeness (QED) is 0.162. The minimum atomic E-state index is 0.598. The van der Waals surface area contributed by atoms with Crippen molar-refractivity contribution < 1.29 is 4.42 Å². The monoisotopic (exact) mass is 791 g/mol. The van der Waals surface area contributed by atoms with Crippen LogP contribution in [0.15, 0.2) is 205 Å². The standard InChI is InChI=1S/C56H33N5O/c1-3-15-34(16-4-1)52-58-53(35-17-5-2-6-18-35)60-54(59-52)40-30-38(29-39(31-40)46-33-37-19-7-8-20-41(37)42-21-9-10-22-43(42)46)36-27-28-50-47(32-36)51-44-23-11-12-24-45(44)55-57-48-25-13-14-26-49(48)61(55)56(51)62-50/h1-33H. The number of furan rings is 1. The van der Waals surface area contributed by atoms with Gasteiger partial charge in [0.1, 0.15) is 11.2 Å². The molecule has 0 spiro atoms. The number of hydrogen-bond acceptors (Lipinski definition) is 5. The van der Waals surface area contributed by atoms with Gasteiger partial charge in [0.2, 0.25) is 5.71 Å². The molecule has 0 N–H and O–H groups in total. The molecular formula is C56H33N5O. The zero-order chi connectivity index (χ0) is 40.7. The molecule has 0 aliphatic heterocycles. The van der Waals surface area contributed by atoms with E-state index in [1.807, 2.05) is 66.7 Å². The molecule has 0 saturated carbocycles. The van der Waals surface area contributed by atoms with Gasteiger partial charge in [-0.15, -0.1) is 0 Å². The summed E-state index contributed by atoms with van der Waals surface area (Å²) in [5, 5.41) is 9.07. The molecule has 0 fully saturated rings. The summed E-state index contributed by atoms with van der Waals surface area (Å²) in [6.45, 7) is 0. The van der Waals surface area contributed by atoms with Crippen LogP contribution in [0.25, 0.3) is 127 Å². The number of para-hydroxylation sites is 2. The molecule has 0 radical (unpaired) electrons. The molecule has 4 heterocycles. The second-order valence-corrected chi connectivity index (χ2v) is 15.8. The van der Waals surface area contributed by atoms with Crippen LogP contribution in [0.4, 0.5) is 0 Å². The third-order valence-corrected chi connectivity index (χ3v) is 12.2. The van der Waals surface area contributed by atoms with Crippen LogP contribution < -0.4 is 0 Å². The molecule has 0 unspecified atom stereocenters. The Morgan fingerprint density at radius 2 is 0.935 bits per heavy atom. The Hall–Kier alpha value is -8.48. The summed E-state index contributed by atoms with van der Waals surface area (Å²) in [7, 11) is 0. The molecular weight excluding hydrogens is 759 g/mol. The SMILES string of the molecule is c1ccc(-c2nc(-c3ccccc3)nc(-c3cc(-c4ccc5oc6c(c5c4)c4ccccc4c4nc5ccccc5n46)cc(-c4cc5ccccc5c5ccccc45)c3)n2)cc1. The second kappa shape index (κ2) is 13.5. The molecule has 0 aliphatic carbocycles. The molecule has 0 atom stereocenters. The zero-order valence-electron chi connectivity index (χ0n) is 33.2. The van der Waals surface area contributed by atoms with E-state index in [-0.39, 0.29) is 0 Å². The fourth-order valence-corrected chi connectivity index (χ4v) is 9.30. The molecule has 13 rings (SSSR count). The Labute approximate surface area is 355 Å². The Bertz CT molecular complexity index is 3870. The number of pyridine rings is 1. The molecule has 9 aromatic carbocycles. The third-order valence-electron chi connectivity index (χ3n) is 12.2. The maximum atomic E-state index is 6.81. The maximum absolute atomic E-state index is 6.81. The molecule has 6 nitrogen and oxygen atoms in total. The predicted octanol–water partition coefficient (Wildman–Crippen LogP) is 14.4. The molecule has 6 heteroatoms. The summed E-state index contributed by atoms with van der Waals surface area (Å²) >= 11 is 0. The maximum Gasteiger partial charge on any atom is 0.215 e. The van der Waals surface area contributed by atoms with Gasteiger partial charge in [-0.1, -0.05) is 152 Å². The zero-order valence-corrected chi connectivity index (χ0v) is 33.2. The number of hydrogen-bond donors (Lipinski definition) is 0. The summed E-state index contributed by atoms with van der Waals surface area (Å²) < 4.78 is 8.99. The lowest BCUT2D eigenvalue weighted by molar-refractivity contribution is 0.650. The Morgan fingerprint density at radius 1 is 0.355 bits per heavy atom. The van der Waals surface area contributed by atoms with Gasteiger partial charge in [-0.25, -0.2) is 19.9 Å². The van der Waals surface area contributed by atoms with Gasteiger partial charge in [0, 0.05) is 27.5 Å². The van der Waals surface area contributed by atoms with E-state index in [4.69, 9.17) is 24.4 Å². The number of benzene rings is 9. The lowest BCUT2D eigenvalue weighted by atomic mass is 9.90. The van der Waals surface area contributed by atoms with E-state index in [0.29, 0.717) is 17.5 Å². The first-order valence-corrected chi connectivity index (χ1v) is 20.8. The highest BCUT2D eigenvalue weighted by atomic mass is 16.3. The van der Waals surface area contributed by atoms with Crippen molar-refractivity contribution >= 4 is 71.1 Å². The first-order chi connectivity index (χ1) is 30.7. The van der Waals surface area contributed by atoms with Crippen LogP contribution in [0.2, 0.25) is 0 Å². The average molecular weight is 792 g/mol. The number of fused-ring (bicyclic) bond motifs is 13. The molecule has 62 heavy (non-hydrogen) atoms. The Morgan fingerprint density at radius 3 is 1.69 bits per heavy atom. The molecule has 4 aromatic heterocycles. The highest BCUT2D eigenvalue weighted by molar-refractivity contribution is 6.22. The first kappa shape index (κ1) is 34.4. The second-order valence-electron chi connectivity index (χ2n) is 15.8. The van der Waals surface area contributed by atoms with Gasteiger partial charge < -0.3 is 4.42 Å². The van der Waals surface area contributed by atoms with Crippen molar-refractivity contribution in [3.63, 3.8) is 0 Å². The Balaban J connectivity index is 1.10. The fourth-order valence-electron chi connectivity index (χ4n) is 9.30. The summed E-state index contributed by atoms with van der Waals surface area (Å²) in [5.41, 5.74) is 11.5. The van der Waals surface area contributed by atoms with Crippen molar-refractivity contribution in [1.82, 2.24) is 24.3 Å². The number of rotatable bonds is 5. The van der Waals surface area contributed by atoms with E-state index in [1.165, 1.54) is 21.5 Å². The van der Waals surface area contributed by atoms with Crippen LogP contribution in [-0.4, -0.2) is 24.3 Å². The van der Waals surface area contributed by atoms with Gasteiger partial charge in [-0.2, -0.15) is 0 Å². The average Bonchev–Trinajstić information content (AvgIpc) is 3.93. The van der Waals surface area contributed by atoms with Gasteiger partial charge in [0.15, 0.2) is 17.5 Å². The molecule has 0 bridgehead atoms. The number of aromatic nitrogens is 5. The van der Waals surface area contributed by atoms with Gasteiger partial charge in [0.05, 0.1) is 16.4 Å². The molecule has 13 aromatic rings. The van der Waals surface area contributed by atoms with Crippen molar-refractivity contribution in [3.05, 3.63) is 200 Å².